The van der Waals surface area contributed by atoms with Crippen LogP contribution in [0.25, 0.3) is 0 Å². The molecule has 1 aromatic rings. The van der Waals surface area contributed by atoms with Crippen LogP contribution in [0.4, 0.5) is 0 Å². The normalized spacial score (nSPS) is 38.4. The Bertz CT molecular complexity index is 413. The molecule has 0 aliphatic carbocycles. The molecule has 0 spiro atoms. The van der Waals surface area contributed by atoms with Crippen molar-refractivity contribution in [2.75, 3.05) is 27.3 Å². The van der Waals surface area contributed by atoms with E-state index in [0.29, 0.717) is 12.1 Å². The Balaban J connectivity index is 1.93. The lowest BCUT2D eigenvalue weighted by Gasteiger charge is -2.55. The summed E-state index contributed by atoms with van der Waals surface area (Å²) in [5, 5.41) is 11.0. The highest BCUT2D eigenvalue weighted by atomic mass is 16.5. The van der Waals surface area contributed by atoms with Gasteiger partial charge in [-0.15, -0.1) is 0 Å². The fraction of sp³-hybridized carbons (Fsp3) is 0.600. The van der Waals surface area contributed by atoms with E-state index in [4.69, 9.17) is 4.74 Å². The van der Waals surface area contributed by atoms with E-state index in [1.54, 1.807) is 0 Å². The van der Waals surface area contributed by atoms with Crippen molar-refractivity contribution in [1.29, 1.82) is 0 Å². The summed E-state index contributed by atoms with van der Waals surface area (Å²) in [5.41, 5.74) is 0.385. The van der Waals surface area contributed by atoms with Crippen LogP contribution in [-0.4, -0.2) is 49.0 Å². The van der Waals surface area contributed by atoms with Crippen molar-refractivity contribution in [3.05, 3.63) is 35.9 Å². The molecule has 2 fully saturated rings. The molecule has 3 rings (SSSR count). The molecule has 3 heteroatoms. The Morgan fingerprint density at radius 1 is 1.11 bits per heavy atom. The summed E-state index contributed by atoms with van der Waals surface area (Å²) >= 11 is 0. The average molecular weight is 248 g/mol. The molecule has 3 nitrogen and oxygen atoms in total. The minimum atomic E-state index is -0.672. The van der Waals surface area contributed by atoms with Gasteiger partial charge in [0.15, 0.2) is 0 Å². The van der Waals surface area contributed by atoms with Crippen molar-refractivity contribution in [2.45, 2.75) is 30.5 Å². The third-order valence-corrected chi connectivity index (χ3v) is 4.96. The van der Waals surface area contributed by atoms with Gasteiger partial charge in [0.2, 0.25) is 0 Å². The third-order valence-electron chi connectivity index (χ3n) is 4.96. The standard InChI is InChI=1S/C15H22NO2/c1-16(2)13-8-15(17,9-14(16)11-18-10-13)12-6-4-3-5-7-12/h3-7,13-14,17H,8-11H2,1-2H3/q+1/t13-,14-/m0/s1. The molecule has 18 heavy (non-hydrogen) atoms. The smallest absolute Gasteiger partial charge is 0.116 e. The first kappa shape index (κ1) is 12.2. The number of rotatable bonds is 1. The fourth-order valence-corrected chi connectivity index (χ4v) is 3.46. The van der Waals surface area contributed by atoms with Gasteiger partial charge in [-0.05, 0) is 5.56 Å². The van der Waals surface area contributed by atoms with E-state index in [1.165, 1.54) is 0 Å². The van der Waals surface area contributed by atoms with Crippen LogP contribution < -0.4 is 0 Å². The van der Waals surface area contributed by atoms with Crippen LogP contribution in [0.1, 0.15) is 18.4 Å². The van der Waals surface area contributed by atoms with Gasteiger partial charge in [0.25, 0.3) is 0 Å². The lowest BCUT2D eigenvalue weighted by atomic mass is 9.76. The lowest BCUT2D eigenvalue weighted by Crippen LogP contribution is -2.68. The van der Waals surface area contributed by atoms with E-state index in [2.05, 4.69) is 14.1 Å². The lowest BCUT2D eigenvalue weighted by molar-refractivity contribution is -0.955. The van der Waals surface area contributed by atoms with Gasteiger partial charge < -0.3 is 14.3 Å². The summed E-state index contributed by atoms with van der Waals surface area (Å²) in [4.78, 5) is 0. The van der Waals surface area contributed by atoms with Gasteiger partial charge in [0, 0.05) is 12.8 Å². The molecule has 2 aliphatic heterocycles. The first-order chi connectivity index (χ1) is 8.52. The quantitative estimate of drug-likeness (QED) is 0.763. The summed E-state index contributed by atoms with van der Waals surface area (Å²) in [6.07, 6.45) is 1.58. The maximum atomic E-state index is 11.0. The Morgan fingerprint density at radius 2 is 1.67 bits per heavy atom. The number of morpholine rings is 1. The molecule has 1 N–H and O–H groups in total. The Morgan fingerprint density at radius 3 is 2.22 bits per heavy atom. The van der Waals surface area contributed by atoms with Crippen molar-refractivity contribution >= 4 is 0 Å². The molecule has 2 atom stereocenters. The van der Waals surface area contributed by atoms with E-state index in [9.17, 15) is 5.11 Å². The van der Waals surface area contributed by atoms with Crippen molar-refractivity contribution in [2.24, 2.45) is 0 Å². The van der Waals surface area contributed by atoms with Crippen LogP contribution >= 0.6 is 0 Å². The first-order valence-electron chi connectivity index (χ1n) is 6.71. The van der Waals surface area contributed by atoms with Crippen LogP contribution in [0.3, 0.4) is 0 Å². The van der Waals surface area contributed by atoms with Crippen molar-refractivity contribution in [3.63, 3.8) is 0 Å². The molecule has 0 unspecified atom stereocenters. The van der Waals surface area contributed by atoms with E-state index < -0.39 is 5.60 Å². The largest absolute Gasteiger partial charge is 0.385 e. The molecule has 0 saturated carbocycles. The van der Waals surface area contributed by atoms with Gasteiger partial charge in [0.05, 0.1) is 27.3 Å². The average Bonchev–Trinajstić information content (AvgIpc) is 2.33. The van der Waals surface area contributed by atoms with Crippen molar-refractivity contribution in [1.82, 2.24) is 0 Å². The maximum Gasteiger partial charge on any atom is 0.116 e. The monoisotopic (exact) mass is 248 g/mol. The van der Waals surface area contributed by atoms with Gasteiger partial charge in [0.1, 0.15) is 17.7 Å². The molecule has 2 saturated heterocycles. The maximum absolute atomic E-state index is 11.0. The number of benzene rings is 1. The molecular weight excluding hydrogens is 226 g/mol. The second-order valence-corrected chi connectivity index (χ2v) is 6.28. The Kier molecular flexibility index (Phi) is 2.73. The van der Waals surface area contributed by atoms with E-state index >= 15 is 0 Å². The Labute approximate surface area is 109 Å². The Hall–Kier alpha value is -0.900. The second kappa shape index (κ2) is 4.05. The molecule has 0 amide bonds. The topological polar surface area (TPSA) is 29.5 Å². The van der Waals surface area contributed by atoms with Crippen LogP contribution in [-0.2, 0) is 10.3 Å². The van der Waals surface area contributed by atoms with Crippen LogP contribution in [0.2, 0.25) is 0 Å². The summed E-state index contributed by atoms with van der Waals surface area (Å²) < 4.78 is 6.66. The highest BCUT2D eigenvalue weighted by molar-refractivity contribution is 5.23. The van der Waals surface area contributed by atoms with Crippen molar-refractivity contribution < 1.29 is 14.3 Å². The zero-order valence-corrected chi connectivity index (χ0v) is 11.2. The van der Waals surface area contributed by atoms with Gasteiger partial charge in [-0.25, -0.2) is 0 Å². The first-order valence-corrected chi connectivity index (χ1v) is 6.71. The highest BCUT2D eigenvalue weighted by Gasteiger charge is 2.53. The molecule has 2 heterocycles. The zero-order valence-electron chi connectivity index (χ0n) is 11.2. The number of likely N-dealkylation sites (N-methyl/N-ethyl adjacent to an activating group) is 1. The number of aliphatic hydroxyl groups is 1. The summed E-state index contributed by atoms with van der Waals surface area (Å²) in [6.45, 7) is 1.53. The summed E-state index contributed by atoms with van der Waals surface area (Å²) in [6, 6.07) is 10.9. The van der Waals surface area contributed by atoms with Crippen molar-refractivity contribution in [3.8, 4) is 0 Å². The molecule has 1 aromatic carbocycles. The SMILES string of the molecule is C[N+]1(C)[C@@H]2COC[C@@H]1CC(O)(c1ccccc1)C2. The number of hydrogen-bond acceptors (Lipinski definition) is 2. The van der Waals surface area contributed by atoms with Gasteiger partial charge >= 0.3 is 0 Å². The molecule has 2 bridgehead atoms. The highest BCUT2D eigenvalue weighted by Crippen LogP contribution is 2.43. The summed E-state index contributed by atoms with van der Waals surface area (Å²) in [7, 11) is 4.53. The molecule has 98 valence electrons. The van der Waals surface area contributed by atoms with Gasteiger partial charge in [-0.1, -0.05) is 30.3 Å². The minimum absolute atomic E-state index is 0.391. The molecular formula is C15H22NO2+. The number of piperidine rings is 1. The number of ether oxygens (including phenoxy) is 1. The zero-order chi connectivity index (χ0) is 12.8. The minimum Gasteiger partial charge on any atom is -0.385 e. The number of fused-ring (bicyclic) bond motifs is 2. The van der Waals surface area contributed by atoms with Crippen LogP contribution in [0.15, 0.2) is 30.3 Å². The van der Waals surface area contributed by atoms with E-state index in [-0.39, 0.29) is 0 Å². The second-order valence-electron chi connectivity index (χ2n) is 6.28. The number of quaternary nitrogens is 1. The van der Waals surface area contributed by atoms with E-state index in [1.807, 2.05) is 30.3 Å². The molecule has 0 radical (unpaired) electrons. The number of hydrogen-bond donors (Lipinski definition) is 1. The van der Waals surface area contributed by atoms with Crippen LogP contribution in [0.5, 0.6) is 0 Å². The van der Waals surface area contributed by atoms with Crippen LogP contribution in [0, 0.1) is 0 Å². The molecule has 0 aromatic heterocycles. The number of nitrogens with zero attached hydrogens (tertiary/aromatic N) is 1. The van der Waals surface area contributed by atoms with Gasteiger partial charge in [-0.2, -0.15) is 0 Å². The third kappa shape index (κ3) is 1.78. The fourth-order valence-electron chi connectivity index (χ4n) is 3.46. The predicted molar refractivity (Wildman–Crippen MR) is 70.1 cm³/mol. The molecule has 2 aliphatic rings. The predicted octanol–water partition coefficient (Wildman–Crippen LogP) is 1.51. The van der Waals surface area contributed by atoms with Gasteiger partial charge in [-0.3, -0.25) is 0 Å². The van der Waals surface area contributed by atoms with E-state index in [0.717, 1.165) is 36.1 Å². The summed E-state index contributed by atoms with van der Waals surface area (Å²) in [5.74, 6) is 0.